The van der Waals surface area contributed by atoms with Crippen LogP contribution in [0.1, 0.15) is 12.5 Å². The first kappa shape index (κ1) is 17.3. The number of nitrogens with one attached hydrogen (secondary N) is 2. The zero-order chi connectivity index (χ0) is 16.2. The van der Waals surface area contributed by atoms with Crippen molar-refractivity contribution in [1.82, 2.24) is 5.32 Å². The quantitative estimate of drug-likeness (QED) is 0.742. The van der Waals surface area contributed by atoms with Crippen molar-refractivity contribution >= 4 is 29.1 Å². The summed E-state index contributed by atoms with van der Waals surface area (Å²) in [5.41, 5.74) is -1.34. The molecule has 0 aliphatic carbocycles. The smallest absolute Gasteiger partial charge is 0.394 e. The first-order chi connectivity index (χ1) is 9.65. The molecule has 1 unspecified atom stereocenters. The minimum atomic E-state index is -4.68. The predicted molar refractivity (Wildman–Crippen MR) is 69.8 cm³/mol. The largest absolute Gasteiger partial charge is 0.417 e. The van der Waals surface area contributed by atoms with E-state index in [9.17, 15) is 22.8 Å². The van der Waals surface area contributed by atoms with E-state index in [1.165, 1.54) is 6.92 Å². The third-order valence-electron chi connectivity index (χ3n) is 2.39. The lowest BCUT2D eigenvalue weighted by Gasteiger charge is -2.13. The van der Waals surface area contributed by atoms with E-state index >= 15 is 0 Å². The number of hydrogen-bond donors (Lipinski definition) is 3. The van der Waals surface area contributed by atoms with Crippen LogP contribution in [0.3, 0.4) is 0 Å². The molecule has 9 heteroatoms. The van der Waals surface area contributed by atoms with Crippen molar-refractivity contribution in [2.24, 2.45) is 0 Å². The van der Waals surface area contributed by atoms with Crippen molar-refractivity contribution in [3.05, 3.63) is 28.8 Å². The minimum Gasteiger partial charge on any atom is -0.394 e. The third-order valence-corrected chi connectivity index (χ3v) is 2.72. The number of carbonyl (C=O) groups excluding carboxylic acids is 2. The van der Waals surface area contributed by atoms with Gasteiger partial charge in [0, 0.05) is 11.7 Å². The second-order valence-corrected chi connectivity index (χ2v) is 4.61. The molecule has 1 atom stereocenters. The standard InChI is InChI=1S/C12H12ClF3N2O3/c1-6(5-19)17-10(20)11(21)18-7-2-3-9(13)8(4-7)12(14,15)16/h2-4,6,19H,5H2,1H3,(H,17,20)(H,18,21). The van der Waals surface area contributed by atoms with Crippen LogP contribution in [-0.4, -0.2) is 29.6 Å². The molecule has 0 saturated carbocycles. The summed E-state index contributed by atoms with van der Waals surface area (Å²) in [6, 6.07) is 2.08. The number of halogens is 4. The van der Waals surface area contributed by atoms with Crippen LogP contribution in [0.2, 0.25) is 5.02 Å². The SMILES string of the molecule is CC(CO)NC(=O)C(=O)Nc1ccc(Cl)c(C(F)(F)F)c1. The maximum Gasteiger partial charge on any atom is 0.417 e. The Morgan fingerprint density at radius 3 is 2.48 bits per heavy atom. The molecule has 1 rings (SSSR count). The fourth-order valence-electron chi connectivity index (χ4n) is 1.34. The summed E-state index contributed by atoms with van der Waals surface area (Å²) in [6.07, 6.45) is -4.68. The number of alkyl halides is 3. The van der Waals surface area contributed by atoms with Crippen molar-refractivity contribution in [3.63, 3.8) is 0 Å². The first-order valence-electron chi connectivity index (χ1n) is 5.74. The fourth-order valence-corrected chi connectivity index (χ4v) is 1.57. The highest BCUT2D eigenvalue weighted by molar-refractivity contribution is 6.39. The van der Waals surface area contributed by atoms with Gasteiger partial charge < -0.3 is 15.7 Å². The van der Waals surface area contributed by atoms with Crippen LogP contribution in [0, 0.1) is 0 Å². The highest BCUT2D eigenvalue weighted by Gasteiger charge is 2.33. The number of hydrogen-bond acceptors (Lipinski definition) is 3. The number of carbonyl (C=O) groups is 2. The van der Waals surface area contributed by atoms with Crippen LogP contribution >= 0.6 is 11.6 Å². The molecule has 0 aliphatic rings. The lowest BCUT2D eigenvalue weighted by molar-refractivity contribution is -0.137. The first-order valence-corrected chi connectivity index (χ1v) is 6.12. The van der Waals surface area contributed by atoms with Gasteiger partial charge in [0.2, 0.25) is 0 Å². The fraction of sp³-hybridized carbons (Fsp3) is 0.333. The van der Waals surface area contributed by atoms with E-state index in [1.54, 1.807) is 0 Å². The third kappa shape index (κ3) is 4.91. The molecule has 0 spiro atoms. The zero-order valence-electron chi connectivity index (χ0n) is 10.8. The minimum absolute atomic E-state index is 0.219. The summed E-state index contributed by atoms with van der Waals surface area (Å²) >= 11 is 5.43. The van der Waals surface area contributed by atoms with Crippen molar-refractivity contribution in [3.8, 4) is 0 Å². The summed E-state index contributed by atoms with van der Waals surface area (Å²) < 4.78 is 37.9. The number of amides is 2. The number of aliphatic hydroxyl groups is 1. The Labute approximate surface area is 123 Å². The number of rotatable bonds is 3. The molecule has 1 aromatic carbocycles. The molecule has 2 amide bonds. The van der Waals surface area contributed by atoms with Gasteiger partial charge >= 0.3 is 18.0 Å². The van der Waals surface area contributed by atoms with Gasteiger partial charge in [-0.3, -0.25) is 9.59 Å². The van der Waals surface area contributed by atoms with E-state index in [1.807, 2.05) is 5.32 Å². The average molecular weight is 325 g/mol. The van der Waals surface area contributed by atoms with Crippen molar-refractivity contribution in [2.75, 3.05) is 11.9 Å². The molecule has 0 radical (unpaired) electrons. The van der Waals surface area contributed by atoms with Crippen LogP contribution < -0.4 is 10.6 Å². The molecule has 3 N–H and O–H groups in total. The molecule has 21 heavy (non-hydrogen) atoms. The van der Waals surface area contributed by atoms with Gasteiger partial charge in [0.15, 0.2) is 0 Å². The summed E-state index contributed by atoms with van der Waals surface area (Å²) in [7, 11) is 0. The van der Waals surface area contributed by atoms with Gasteiger partial charge in [0.1, 0.15) is 0 Å². The van der Waals surface area contributed by atoms with E-state index < -0.39 is 34.6 Å². The van der Waals surface area contributed by atoms with E-state index in [0.29, 0.717) is 6.07 Å². The lowest BCUT2D eigenvalue weighted by atomic mass is 10.2. The van der Waals surface area contributed by atoms with E-state index in [0.717, 1.165) is 12.1 Å². The summed E-state index contributed by atoms with van der Waals surface area (Å²) in [5.74, 6) is -2.22. The van der Waals surface area contributed by atoms with Crippen molar-refractivity contribution < 1.29 is 27.9 Å². The van der Waals surface area contributed by atoms with E-state index in [2.05, 4.69) is 5.32 Å². The van der Waals surface area contributed by atoms with Gasteiger partial charge in [-0.2, -0.15) is 13.2 Å². The molecule has 0 heterocycles. The Hall–Kier alpha value is -1.80. The highest BCUT2D eigenvalue weighted by atomic mass is 35.5. The molecule has 116 valence electrons. The molecule has 0 aliphatic heterocycles. The summed E-state index contributed by atoms with van der Waals surface area (Å²) in [5, 5.41) is 12.4. The second-order valence-electron chi connectivity index (χ2n) is 4.20. The Kier molecular flexibility index (Phi) is 5.56. The summed E-state index contributed by atoms with van der Waals surface area (Å²) in [4.78, 5) is 22.9. The Bertz CT molecular complexity index is 549. The number of aliphatic hydroxyl groups excluding tert-OH is 1. The van der Waals surface area contributed by atoms with Crippen LogP contribution in [0.5, 0.6) is 0 Å². The highest BCUT2D eigenvalue weighted by Crippen LogP contribution is 2.36. The van der Waals surface area contributed by atoms with Crippen LogP contribution in [-0.2, 0) is 15.8 Å². The summed E-state index contributed by atoms with van der Waals surface area (Å²) in [6.45, 7) is 1.08. The average Bonchev–Trinajstić information content (AvgIpc) is 2.39. The lowest BCUT2D eigenvalue weighted by Crippen LogP contribution is -2.42. The molecule has 1 aromatic rings. The second kappa shape index (κ2) is 6.77. The van der Waals surface area contributed by atoms with Crippen molar-refractivity contribution in [2.45, 2.75) is 19.1 Å². The van der Waals surface area contributed by atoms with E-state index in [-0.39, 0.29) is 12.3 Å². The Morgan fingerprint density at radius 1 is 1.33 bits per heavy atom. The van der Waals surface area contributed by atoms with Crippen LogP contribution in [0.15, 0.2) is 18.2 Å². The van der Waals surface area contributed by atoms with Gasteiger partial charge in [-0.05, 0) is 25.1 Å². The van der Waals surface area contributed by atoms with Crippen molar-refractivity contribution in [1.29, 1.82) is 0 Å². The maximum atomic E-state index is 12.6. The molecule has 0 fully saturated rings. The normalized spacial score (nSPS) is 12.7. The topological polar surface area (TPSA) is 78.4 Å². The zero-order valence-corrected chi connectivity index (χ0v) is 11.5. The molecular weight excluding hydrogens is 313 g/mol. The maximum absolute atomic E-state index is 12.6. The Morgan fingerprint density at radius 2 is 1.95 bits per heavy atom. The number of benzene rings is 1. The molecule has 0 saturated heterocycles. The van der Waals surface area contributed by atoms with Gasteiger partial charge in [-0.25, -0.2) is 0 Å². The molecule has 0 bridgehead atoms. The van der Waals surface area contributed by atoms with Crippen LogP contribution in [0.25, 0.3) is 0 Å². The van der Waals surface area contributed by atoms with Gasteiger partial charge in [-0.15, -0.1) is 0 Å². The predicted octanol–water partition coefficient (Wildman–Crippen LogP) is 1.79. The monoisotopic (exact) mass is 324 g/mol. The van der Waals surface area contributed by atoms with E-state index in [4.69, 9.17) is 16.7 Å². The number of anilines is 1. The van der Waals surface area contributed by atoms with Gasteiger partial charge in [0.05, 0.1) is 17.2 Å². The van der Waals surface area contributed by atoms with Gasteiger partial charge in [0.25, 0.3) is 0 Å². The molecule has 5 nitrogen and oxygen atoms in total. The molecule has 0 aromatic heterocycles. The van der Waals surface area contributed by atoms with Gasteiger partial charge in [-0.1, -0.05) is 11.6 Å². The van der Waals surface area contributed by atoms with Crippen LogP contribution in [0.4, 0.5) is 18.9 Å². The Balaban J connectivity index is 2.84. The molecular formula is C12H12ClF3N2O3.